The molecule has 0 unspecified atom stereocenters. The highest BCUT2D eigenvalue weighted by Gasteiger charge is 2.08. The zero-order valence-corrected chi connectivity index (χ0v) is 11.3. The highest BCUT2D eigenvalue weighted by Crippen LogP contribution is 2.15. The number of carbonyl (C=O) groups is 1. The molecule has 1 aromatic carbocycles. The van der Waals surface area contributed by atoms with Gasteiger partial charge in [0, 0.05) is 25.3 Å². The third-order valence-electron chi connectivity index (χ3n) is 2.50. The third kappa shape index (κ3) is 3.42. The van der Waals surface area contributed by atoms with Gasteiger partial charge in [-0.05, 0) is 30.3 Å². The lowest BCUT2D eigenvalue weighted by molar-refractivity contribution is 0.102. The van der Waals surface area contributed by atoms with E-state index in [1.165, 1.54) is 0 Å². The molecule has 0 saturated heterocycles. The summed E-state index contributed by atoms with van der Waals surface area (Å²) in [6, 6.07) is 10.5. The Balaban J connectivity index is 2.15. The van der Waals surface area contributed by atoms with Gasteiger partial charge in [0.25, 0.3) is 5.91 Å². The fourth-order valence-corrected chi connectivity index (χ4v) is 1.60. The molecule has 6 heteroatoms. The molecule has 1 N–H and O–H groups in total. The van der Waals surface area contributed by atoms with Gasteiger partial charge < -0.3 is 10.2 Å². The van der Waals surface area contributed by atoms with Crippen molar-refractivity contribution in [3.05, 3.63) is 47.1 Å². The van der Waals surface area contributed by atoms with Crippen LogP contribution in [0.1, 0.15) is 10.4 Å². The summed E-state index contributed by atoms with van der Waals surface area (Å²) in [6.45, 7) is 0. The van der Waals surface area contributed by atoms with Gasteiger partial charge in [-0.3, -0.25) is 4.79 Å². The number of carbonyl (C=O) groups excluding carboxylic acids is 1. The molecule has 0 atom stereocenters. The van der Waals surface area contributed by atoms with Gasteiger partial charge in [-0.1, -0.05) is 17.7 Å². The van der Waals surface area contributed by atoms with E-state index in [0.29, 0.717) is 11.4 Å². The summed E-state index contributed by atoms with van der Waals surface area (Å²) >= 11 is 5.63. The lowest BCUT2D eigenvalue weighted by Crippen LogP contribution is -2.15. The van der Waals surface area contributed by atoms with Gasteiger partial charge in [0.2, 0.25) is 0 Å². The fourth-order valence-electron chi connectivity index (χ4n) is 1.50. The van der Waals surface area contributed by atoms with E-state index in [2.05, 4.69) is 15.5 Å². The van der Waals surface area contributed by atoms with Crippen LogP contribution >= 0.6 is 11.6 Å². The van der Waals surface area contributed by atoms with E-state index in [0.717, 1.165) is 5.69 Å². The van der Waals surface area contributed by atoms with Crippen molar-refractivity contribution in [3.8, 4) is 0 Å². The van der Waals surface area contributed by atoms with Crippen molar-refractivity contribution in [2.75, 3.05) is 24.3 Å². The predicted molar refractivity (Wildman–Crippen MR) is 75.8 cm³/mol. The zero-order valence-electron chi connectivity index (χ0n) is 10.6. The first-order valence-electron chi connectivity index (χ1n) is 5.64. The van der Waals surface area contributed by atoms with Crippen LogP contribution < -0.4 is 10.2 Å². The largest absolute Gasteiger partial charge is 0.378 e. The van der Waals surface area contributed by atoms with Gasteiger partial charge in [0.1, 0.15) is 0 Å². The number of aromatic nitrogens is 2. The van der Waals surface area contributed by atoms with Crippen molar-refractivity contribution in [3.63, 3.8) is 0 Å². The number of rotatable bonds is 3. The van der Waals surface area contributed by atoms with Gasteiger partial charge >= 0.3 is 0 Å². The zero-order chi connectivity index (χ0) is 13.8. The highest BCUT2D eigenvalue weighted by atomic mass is 35.5. The number of nitrogens with zero attached hydrogens (tertiary/aromatic N) is 3. The van der Waals surface area contributed by atoms with Gasteiger partial charge in [0.05, 0.1) is 0 Å². The van der Waals surface area contributed by atoms with Crippen molar-refractivity contribution in [1.29, 1.82) is 0 Å². The van der Waals surface area contributed by atoms with E-state index in [-0.39, 0.29) is 11.1 Å². The minimum absolute atomic E-state index is 0.236. The smallest absolute Gasteiger partial charge is 0.256 e. The van der Waals surface area contributed by atoms with Crippen molar-refractivity contribution >= 4 is 29.0 Å². The molecule has 0 aliphatic heterocycles. The molecule has 1 heterocycles. The standard InChI is InChI=1S/C13H13ClN4O/c1-18(2)10-5-3-4-9(8-10)13(19)15-12-7-6-11(14)16-17-12/h3-8H,1-2H3,(H,15,17,19). The van der Waals surface area contributed by atoms with Crippen LogP contribution in [-0.4, -0.2) is 30.2 Å². The van der Waals surface area contributed by atoms with Crippen molar-refractivity contribution in [2.24, 2.45) is 0 Å². The number of amides is 1. The topological polar surface area (TPSA) is 58.1 Å². The average molecular weight is 277 g/mol. The van der Waals surface area contributed by atoms with E-state index in [9.17, 15) is 4.79 Å². The Morgan fingerprint density at radius 1 is 1.21 bits per heavy atom. The van der Waals surface area contributed by atoms with E-state index in [4.69, 9.17) is 11.6 Å². The number of benzene rings is 1. The molecule has 1 aromatic heterocycles. The Bertz CT molecular complexity index is 583. The molecule has 98 valence electrons. The van der Waals surface area contributed by atoms with Crippen molar-refractivity contribution < 1.29 is 4.79 Å². The summed E-state index contributed by atoms with van der Waals surface area (Å²) < 4.78 is 0. The molecule has 0 saturated carbocycles. The van der Waals surface area contributed by atoms with Crippen LogP contribution in [0, 0.1) is 0 Å². The first-order chi connectivity index (χ1) is 9.06. The molecular formula is C13H13ClN4O. The summed E-state index contributed by atoms with van der Waals surface area (Å²) in [5.41, 5.74) is 1.51. The monoisotopic (exact) mass is 276 g/mol. The van der Waals surface area contributed by atoms with Crippen LogP contribution in [0.25, 0.3) is 0 Å². The maximum Gasteiger partial charge on any atom is 0.256 e. The van der Waals surface area contributed by atoms with Gasteiger partial charge in [-0.15, -0.1) is 10.2 Å². The van der Waals surface area contributed by atoms with Crippen LogP contribution in [0.5, 0.6) is 0 Å². The lowest BCUT2D eigenvalue weighted by Gasteiger charge is -2.13. The maximum atomic E-state index is 12.0. The molecule has 2 aromatic rings. The minimum Gasteiger partial charge on any atom is -0.378 e. The number of hydrogen-bond acceptors (Lipinski definition) is 4. The first kappa shape index (κ1) is 13.3. The second kappa shape index (κ2) is 5.67. The summed E-state index contributed by atoms with van der Waals surface area (Å²) in [6.07, 6.45) is 0. The Morgan fingerprint density at radius 3 is 2.63 bits per heavy atom. The number of nitrogens with one attached hydrogen (secondary N) is 1. The lowest BCUT2D eigenvalue weighted by atomic mass is 10.2. The quantitative estimate of drug-likeness (QED) is 0.935. The van der Waals surface area contributed by atoms with E-state index < -0.39 is 0 Å². The summed E-state index contributed by atoms with van der Waals surface area (Å²) in [7, 11) is 3.84. The molecule has 5 nitrogen and oxygen atoms in total. The highest BCUT2D eigenvalue weighted by molar-refractivity contribution is 6.29. The van der Waals surface area contributed by atoms with Crippen LogP contribution in [-0.2, 0) is 0 Å². The molecule has 0 radical (unpaired) electrons. The molecule has 1 amide bonds. The summed E-state index contributed by atoms with van der Waals surface area (Å²) in [4.78, 5) is 14.0. The summed E-state index contributed by atoms with van der Waals surface area (Å²) in [5, 5.41) is 10.4. The Kier molecular flexibility index (Phi) is 3.97. The molecule has 0 aliphatic carbocycles. The third-order valence-corrected chi connectivity index (χ3v) is 2.70. The minimum atomic E-state index is -0.236. The number of hydrogen-bond donors (Lipinski definition) is 1. The molecular weight excluding hydrogens is 264 g/mol. The van der Waals surface area contributed by atoms with Gasteiger partial charge in [0.15, 0.2) is 11.0 Å². The molecule has 0 aliphatic rings. The fraction of sp³-hybridized carbons (Fsp3) is 0.154. The Labute approximate surface area is 116 Å². The molecule has 0 fully saturated rings. The molecule has 0 spiro atoms. The van der Waals surface area contributed by atoms with Gasteiger partial charge in [-0.2, -0.15) is 0 Å². The van der Waals surface area contributed by atoms with Crippen LogP contribution in [0.4, 0.5) is 11.5 Å². The molecule has 0 bridgehead atoms. The number of anilines is 2. The second-order valence-electron chi connectivity index (χ2n) is 4.14. The van der Waals surface area contributed by atoms with Crippen molar-refractivity contribution in [2.45, 2.75) is 0 Å². The molecule has 2 rings (SSSR count). The summed E-state index contributed by atoms with van der Waals surface area (Å²) in [5.74, 6) is 0.130. The van der Waals surface area contributed by atoms with Gasteiger partial charge in [-0.25, -0.2) is 0 Å². The second-order valence-corrected chi connectivity index (χ2v) is 4.53. The van der Waals surface area contributed by atoms with E-state index in [1.54, 1.807) is 24.3 Å². The number of halogens is 1. The SMILES string of the molecule is CN(C)c1cccc(C(=O)Nc2ccc(Cl)nn2)c1. The first-order valence-corrected chi connectivity index (χ1v) is 6.02. The Morgan fingerprint density at radius 2 is 2.00 bits per heavy atom. The van der Waals surface area contributed by atoms with Crippen LogP contribution in [0.15, 0.2) is 36.4 Å². The molecule has 19 heavy (non-hydrogen) atoms. The van der Waals surface area contributed by atoms with Crippen LogP contribution in [0.2, 0.25) is 5.15 Å². The van der Waals surface area contributed by atoms with E-state index >= 15 is 0 Å². The predicted octanol–water partition coefficient (Wildman–Crippen LogP) is 2.45. The van der Waals surface area contributed by atoms with Crippen molar-refractivity contribution in [1.82, 2.24) is 10.2 Å². The van der Waals surface area contributed by atoms with Crippen LogP contribution in [0.3, 0.4) is 0 Å². The van der Waals surface area contributed by atoms with E-state index in [1.807, 2.05) is 31.1 Å². The Hall–Kier alpha value is -2.14. The normalized spacial score (nSPS) is 10.1. The average Bonchev–Trinajstić information content (AvgIpc) is 2.41. The maximum absolute atomic E-state index is 12.0.